The van der Waals surface area contributed by atoms with Gasteiger partial charge in [-0.15, -0.1) is 0 Å². The van der Waals surface area contributed by atoms with E-state index in [4.69, 9.17) is 9.47 Å². The molecule has 0 bridgehead atoms. The van der Waals surface area contributed by atoms with Crippen LogP contribution in [0.5, 0.6) is 0 Å². The monoisotopic (exact) mass is 308 g/mol. The number of halogens is 1. The van der Waals surface area contributed by atoms with Gasteiger partial charge in [0.05, 0.1) is 6.61 Å². The highest BCUT2D eigenvalue weighted by Crippen LogP contribution is 2.11. The summed E-state index contributed by atoms with van der Waals surface area (Å²) in [5.74, 6) is -0.472. The van der Waals surface area contributed by atoms with Gasteiger partial charge in [0.1, 0.15) is 12.4 Å². The summed E-state index contributed by atoms with van der Waals surface area (Å²) >= 11 is 0. The number of hydrogen-bond donors (Lipinski definition) is 0. The molecule has 0 aliphatic heterocycles. The van der Waals surface area contributed by atoms with E-state index in [2.05, 4.69) is 6.08 Å². The summed E-state index contributed by atoms with van der Waals surface area (Å²) in [5.41, 5.74) is 1.69. The zero-order chi connectivity index (χ0) is 16.2. The van der Waals surface area contributed by atoms with Crippen molar-refractivity contribution in [1.82, 2.24) is 0 Å². The molecule has 0 amide bonds. The lowest BCUT2D eigenvalue weighted by atomic mass is 10.1. The molecule has 0 spiro atoms. The molecule has 0 saturated carbocycles. The molecule has 0 heterocycles. The zero-order valence-electron chi connectivity index (χ0n) is 13.4. The summed E-state index contributed by atoms with van der Waals surface area (Å²) in [6.07, 6.45) is 8.15. The number of rotatable bonds is 10. The average molecular weight is 308 g/mol. The summed E-state index contributed by atoms with van der Waals surface area (Å²) in [4.78, 5) is 11.0. The normalized spacial score (nSPS) is 11.0. The van der Waals surface area contributed by atoms with Crippen LogP contribution in [0, 0.1) is 12.7 Å². The Morgan fingerprint density at radius 2 is 2.09 bits per heavy atom. The number of esters is 1. The van der Waals surface area contributed by atoms with Crippen molar-refractivity contribution in [2.75, 3.05) is 19.8 Å². The van der Waals surface area contributed by atoms with E-state index in [-0.39, 0.29) is 18.4 Å². The molecule has 1 aromatic carbocycles. The van der Waals surface area contributed by atoms with Crippen molar-refractivity contribution in [3.63, 3.8) is 0 Å². The Morgan fingerprint density at radius 1 is 1.27 bits per heavy atom. The van der Waals surface area contributed by atoms with Gasteiger partial charge in [-0.2, -0.15) is 0 Å². The predicted octanol–water partition coefficient (Wildman–Crippen LogP) is 4.29. The van der Waals surface area contributed by atoms with E-state index in [0.29, 0.717) is 18.8 Å². The Bertz CT molecular complexity index is 483. The van der Waals surface area contributed by atoms with Crippen LogP contribution in [0.25, 0.3) is 6.08 Å². The lowest BCUT2D eigenvalue weighted by Crippen LogP contribution is -2.12. The number of ether oxygens (including phenoxy) is 2. The van der Waals surface area contributed by atoms with Gasteiger partial charge < -0.3 is 9.47 Å². The second-order valence-electron chi connectivity index (χ2n) is 5.12. The average Bonchev–Trinajstić information content (AvgIpc) is 2.49. The Hall–Kier alpha value is -1.68. The minimum atomic E-state index is -0.306. The molecule has 4 heteroatoms. The van der Waals surface area contributed by atoms with Crippen LogP contribution in [0.15, 0.2) is 24.3 Å². The molecule has 22 heavy (non-hydrogen) atoms. The Balaban J connectivity index is 2.04. The van der Waals surface area contributed by atoms with Crippen LogP contribution in [-0.4, -0.2) is 25.8 Å². The molecule has 0 atom stereocenters. The fourth-order valence-electron chi connectivity index (χ4n) is 1.99. The maximum Gasteiger partial charge on any atom is 0.332 e. The summed E-state index contributed by atoms with van der Waals surface area (Å²) in [6.45, 7) is 4.56. The molecule has 3 nitrogen and oxygen atoms in total. The van der Waals surface area contributed by atoms with E-state index < -0.39 is 0 Å². The van der Waals surface area contributed by atoms with Crippen molar-refractivity contribution >= 4 is 12.0 Å². The number of carbonyl (C=O) groups excluding carboxylic acids is 1. The van der Waals surface area contributed by atoms with Gasteiger partial charge in [-0.25, -0.2) is 9.18 Å². The molecular formula is C18H25FO3. The van der Waals surface area contributed by atoms with Gasteiger partial charge in [-0.05, 0) is 56.4 Å². The Kier molecular flexibility index (Phi) is 9.15. The highest BCUT2D eigenvalue weighted by molar-refractivity contribution is 5.70. The first kappa shape index (κ1) is 18.4. The largest absolute Gasteiger partial charge is 0.464 e. The Labute approximate surface area is 132 Å². The second kappa shape index (κ2) is 11.0. The summed E-state index contributed by atoms with van der Waals surface area (Å²) in [6, 6.07) is 5.12. The Morgan fingerprint density at radius 3 is 2.82 bits per heavy atom. The van der Waals surface area contributed by atoms with Crippen LogP contribution in [0.4, 0.5) is 4.39 Å². The van der Waals surface area contributed by atoms with E-state index >= 15 is 0 Å². The van der Waals surface area contributed by atoms with Crippen LogP contribution < -0.4 is 0 Å². The third kappa shape index (κ3) is 7.93. The highest BCUT2D eigenvalue weighted by Gasteiger charge is 2.00. The molecule has 1 aromatic rings. The van der Waals surface area contributed by atoms with Crippen molar-refractivity contribution < 1.29 is 18.7 Å². The third-order valence-corrected chi connectivity index (χ3v) is 3.18. The fourth-order valence-corrected chi connectivity index (χ4v) is 1.99. The van der Waals surface area contributed by atoms with Crippen LogP contribution in [0.3, 0.4) is 0 Å². The van der Waals surface area contributed by atoms with Gasteiger partial charge in [0.15, 0.2) is 0 Å². The number of allylic oxidation sites excluding steroid dienone is 1. The smallest absolute Gasteiger partial charge is 0.332 e. The van der Waals surface area contributed by atoms with Gasteiger partial charge in [0.25, 0.3) is 0 Å². The number of aryl methyl sites for hydroxylation is 1. The molecule has 1 rings (SSSR count). The van der Waals surface area contributed by atoms with E-state index in [1.807, 2.05) is 12.1 Å². The van der Waals surface area contributed by atoms with E-state index in [1.54, 1.807) is 19.9 Å². The van der Waals surface area contributed by atoms with Gasteiger partial charge >= 0.3 is 5.97 Å². The number of unbranched alkanes of at least 4 members (excludes halogenated alkanes) is 3. The molecule has 0 unspecified atom stereocenters. The fraction of sp³-hybridized carbons (Fsp3) is 0.500. The maximum absolute atomic E-state index is 13.1. The van der Waals surface area contributed by atoms with Crippen LogP contribution in [0.1, 0.15) is 43.7 Å². The van der Waals surface area contributed by atoms with E-state index in [1.165, 1.54) is 6.07 Å². The summed E-state index contributed by atoms with van der Waals surface area (Å²) in [5, 5.41) is 0. The SMILES string of the molecule is CCOC(=O)COCCCCCC=Cc1ccc(F)c(C)c1. The predicted molar refractivity (Wildman–Crippen MR) is 86.1 cm³/mol. The number of hydrogen-bond acceptors (Lipinski definition) is 3. The van der Waals surface area contributed by atoms with Gasteiger partial charge in [-0.1, -0.05) is 24.6 Å². The van der Waals surface area contributed by atoms with Gasteiger partial charge in [-0.3, -0.25) is 0 Å². The van der Waals surface area contributed by atoms with Crippen LogP contribution >= 0.6 is 0 Å². The molecule has 0 N–H and O–H groups in total. The quantitative estimate of drug-likeness (QED) is 0.478. The standard InChI is InChI=1S/C18H25FO3/c1-3-22-18(20)14-21-12-8-6-4-5-7-9-16-10-11-17(19)15(2)13-16/h7,9-11,13H,3-6,8,12,14H2,1-2H3. The number of carbonyl (C=O) groups is 1. The minimum Gasteiger partial charge on any atom is -0.464 e. The topological polar surface area (TPSA) is 35.5 Å². The maximum atomic E-state index is 13.1. The summed E-state index contributed by atoms with van der Waals surface area (Å²) < 4.78 is 23.1. The van der Waals surface area contributed by atoms with Crippen LogP contribution in [-0.2, 0) is 14.3 Å². The molecular weight excluding hydrogens is 283 g/mol. The molecule has 0 fully saturated rings. The van der Waals surface area contributed by atoms with Crippen molar-refractivity contribution in [3.8, 4) is 0 Å². The summed E-state index contributed by atoms with van der Waals surface area (Å²) in [7, 11) is 0. The van der Waals surface area contributed by atoms with Crippen molar-refractivity contribution in [2.45, 2.75) is 39.5 Å². The molecule has 0 aliphatic carbocycles. The lowest BCUT2D eigenvalue weighted by Gasteiger charge is -2.03. The van der Waals surface area contributed by atoms with Gasteiger partial charge in [0.2, 0.25) is 0 Å². The molecule has 0 radical (unpaired) electrons. The highest BCUT2D eigenvalue weighted by atomic mass is 19.1. The van der Waals surface area contributed by atoms with Crippen molar-refractivity contribution in [3.05, 3.63) is 41.2 Å². The first-order valence-corrected chi connectivity index (χ1v) is 7.79. The van der Waals surface area contributed by atoms with Crippen molar-refractivity contribution in [1.29, 1.82) is 0 Å². The third-order valence-electron chi connectivity index (χ3n) is 3.18. The minimum absolute atomic E-state index is 0.0393. The second-order valence-corrected chi connectivity index (χ2v) is 5.12. The molecule has 0 aromatic heterocycles. The van der Waals surface area contributed by atoms with Crippen LogP contribution in [0.2, 0.25) is 0 Å². The molecule has 0 aliphatic rings. The van der Waals surface area contributed by atoms with Crippen molar-refractivity contribution in [2.24, 2.45) is 0 Å². The number of benzene rings is 1. The van der Waals surface area contributed by atoms with E-state index in [0.717, 1.165) is 31.2 Å². The van der Waals surface area contributed by atoms with Gasteiger partial charge in [0, 0.05) is 6.61 Å². The first-order chi connectivity index (χ1) is 10.6. The molecule has 122 valence electrons. The van der Waals surface area contributed by atoms with E-state index in [9.17, 15) is 9.18 Å². The first-order valence-electron chi connectivity index (χ1n) is 7.79. The molecule has 0 saturated heterocycles. The zero-order valence-corrected chi connectivity index (χ0v) is 13.4. The lowest BCUT2D eigenvalue weighted by molar-refractivity contribution is -0.148.